The zero-order chi connectivity index (χ0) is 31.3. The Morgan fingerprint density at radius 3 is 2.41 bits per heavy atom. The summed E-state index contributed by atoms with van der Waals surface area (Å²) in [4.78, 5) is 22.0. The van der Waals surface area contributed by atoms with Crippen LogP contribution < -0.4 is 10.1 Å². The maximum atomic E-state index is 13.1. The van der Waals surface area contributed by atoms with Crippen LogP contribution in [-0.4, -0.2) is 65.1 Å². The topological polar surface area (TPSA) is 62.6 Å². The van der Waals surface area contributed by atoms with E-state index in [0.29, 0.717) is 43.7 Å². The van der Waals surface area contributed by atoms with E-state index in [1.807, 2.05) is 36.9 Å². The van der Waals surface area contributed by atoms with E-state index in [1.165, 1.54) is 23.3 Å². The molecule has 1 aliphatic heterocycles. The molecule has 5 rings (SSSR count). The molecule has 234 valence electrons. The SMILES string of the molecule is CCN(CCNC(=O)c1cc2cc(C3CCN(Cc4ccc(OC)nc4)CC3)ccc2n1C)Cc1ccc(C(F)(F)F)cc1. The molecule has 2 aromatic heterocycles. The van der Waals surface area contributed by atoms with Gasteiger partial charge in [0.1, 0.15) is 5.69 Å². The van der Waals surface area contributed by atoms with E-state index >= 15 is 0 Å². The highest BCUT2D eigenvalue weighted by Crippen LogP contribution is 2.32. The summed E-state index contributed by atoms with van der Waals surface area (Å²) in [6.45, 7) is 7.16. The largest absolute Gasteiger partial charge is 0.481 e. The van der Waals surface area contributed by atoms with Gasteiger partial charge in [0.15, 0.2) is 0 Å². The molecule has 4 aromatic rings. The van der Waals surface area contributed by atoms with Gasteiger partial charge >= 0.3 is 6.18 Å². The van der Waals surface area contributed by atoms with Gasteiger partial charge in [-0.1, -0.05) is 31.2 Å². The number of halogens is 3. The van der Waals surface area contributed by atoms with Crippen LogP contribution in [0.3, 0.4) is 0 Å². The third-order valence-electron chi connectivity index (χ3n) is 8.62. The van der Waals surface area contributed by atoms with Gasteiger partial charge in [-0.15, -0.1) is 0 Å². The zero-order valence-corrected chi connectivity index (χ0v) is 25.5. The van der Waals surface area contributed by atoms with Crippen molar-refractivity contribution in [3.8, 4) is 5.88 Å². The fourth-order valence-electron chi connectivity index (χ4n) is 5.97. The minimum atomic E-state index is -4.34. The minimum Gasteiger partial charge on any atom is -0.481 e. The van der Waals surface area contributed by atoms with E-state index in [4.69, 9.17) is 4.74 Å². The molecule has 0 spiro atoms. The number of hydrogen-bond acceptors (Lipinski definition) is 5. The van der Waals surface area contributed by atoms with Crippen LogP contribution in [0.15, 0.2) is 66.9 Å². The van der Waals surface area contributed by atoms with Crippen molar-refractivity contribution in [3.05, 3.63) is 94.8 Å². The Hall–Kier alpha value is -3.89. The second kappa shape index (κ2) is 13.8. The van der Waals surface area contributed by atoms with Gasteiger partial charge in [-0.2, -0.15) is 13.2 Å². The molecule has 1 fully saturated rings. The van der Waals surface area contributed by atoms with Crippen LogP contribution in [-0.2, 0) is 26.3 Å². The first-order valence-electron chi connectivity index (χ1n) is 15.1. The Balaban J connectivity index is 1.13. The van der Waals surface area contributed by atoms with Crippen LogP contribution >= 0.6 is 0 Å². The first-order valence-corrected chi connectivity index (χ1v) is 15.1. The third-order valence-corrected chi connectivity index (χ3v) is 8.62. The van der Waals surface area contributed by atoms with Gasteiger partial charge in [0.2, 0.25) is 5.88 Å². The first-order chi connectivity index (χ1) is 21.1. The molecule has 7 nitrogen and oxygen atoms in total. The maximum absolute atomic E-state index is 13.1. The monoisotopic (exact) mass is 607 g/mol. The predicted octanol–water partition coefficient (Wildman–Crippen LogP) is 6.23. The van der Waals surface area contributed by atoms with Gasteiger partial charge in [0, 0.05) is 56.4 Å². The zero-order valence-electron chi connectivity index (χ0n) is 25.5. The fraction of sp³-hybridized carbons (Fsp3) is 0.412. The molecule has 0 radical (unpaired) electrons. The van der Waals surface area contributed by atoms with Crippen molar-refractivity contribution in [1.82, 2.24) is 24.7 Å². The van der Waals surface area contributed by atoms with E-state index < -0.39 is 11.7 Å². The summed E-state index contributed by atoms with van der Waals surface area (Å²) < 4.78 is 45.7. The molecule has 0 atom stereocenters. The number of benzene rings is 2. The summed E-state index contributed by atoms with van der Waals surface area (Å²) in [6.07, 6.45) is -0.304. The number of fused-ring (bicyclic) bond motifs is 1. The number of carbonyl (C=O) groups is 1. The molecule has 3 heterocycles. The number of amides is 1. The Morgan fingerprint density at radius 1 is 1.05 bits per heavy atom. The van der Waals surface area contributed by atoms with Gasteiger partial charge in [-0.05, 0) is 85.4 Å². The summed E-state index contributed by atoms with van der Waals surface area (Å²) in [5, 5.41) is 4.08. The van der Waals surface area contributed by atoms with Crippen LogP contribution in [0.25, 0.3) is 10.9 Å². The number of piperidine rings is 1. The van der Waals surface area contributed by atoms with Crippen molar-refractivity contribution in [2.24, 2.45) is 7.05 Å². The highest BCUT2D eigenvalue weighted by Gasteiger charge is 2.30. The smallest absolute Gasteiger partial charge is 0.416 e. The fourth-order valence-corrected chi connectivity index (χ4v) is 5.97. The van der Waals surface area contributed by atoms with Crippen molar-refractivity contribution in [1.29, 1.82) is 0 Å². The number of pyridine rings is 1. The normalized spacial score (nSPS) is 14.8. The number of alkyl halides is 3. The number of aryl methyl sites for hydroxylation is 1. The van der Waals surface area contributed by atoms with E-state index in [9.17, 15) is 18.0 Å². The van der Waals surface area contributed by atoms with Crippen LogP contribution in [0.5, 0.6) is 5.88 Å². The molecule has 10 heteroatoms. The lowest BCUT2D eigenvalue weighted by Crippen LogP contribution is -2.35. The van der Waals surface area contributed by atoms with Crippen LogP contribution in [0.4, 0.5) is 13.2 Å². The molecule has 0 bridgehead atoms. The van der Waals surface area contributed by atoms with Gasteiger partial charge < -0.3 is 14.6 Å². The van der Waals surface area contributed by atoms with Gasteiger partial charge in [0.05, 0.1) is 12.7 Å². The Morgan fingerprint density at radius 2 is 1.77 bits per heavy atom. The quantitative estimate of drug-likeness (QED) is 0.219. The number of aromatic nitrogens is 2. The number of nitrogens with zero attached hydrogens (tertiary/aromatic N) is 4. The summed E-state index contributed by atoms with van der Waals surface area (Å²) in [6, 6.07) is 17.7. The molecule has 0 saturated carbocycles. The van der Waals surface area contributed by atoms with Crippen molar-refractivity contribution < 1.29 is 22.7 Å². The number of likely N-dealkylation sites (N-methyl/N-ethyl adjacent to an activating group) is 1. The van der Waals surface area contributed by atoms with E-state index in [2.05, 4.69) is 44.4 Å². The number of methoxy groups -OCH3 is 1. The molecule has 1 saturated heterocycles. The Labute approximate surface area is 256 Å². The summed E-state index contributed by atoms with van der Waals surface area (Å²) in [5.41, 5.74) is 4.26. The Bertz CT molecular complexity index is 1540. The van der Waals surface area contributed by atoms with Gasteiger partial charge in [-0.25, -0.2) is 4.98 Å². The number of hydrogen-bond donors (Lipinski definition) is 1. The summed E-state index contributed by atoms with van der Waals surface area (Å²) in [5.74, 6) is 0.964. The Kier molecular flexibility index (Phi) is 9.90. The summed E-state index contributed by atoms with van der Waals surface area (Å²) >= 11 is 0. The van der Waals surface area contributed by atoms with Crippen LogP contribution in [0.1, 0.15) is 58.4 Å². The molecule has 1 aliphatic rings. The molecule has 1 N–H and O–H groups in total. The van der Waals surface area contributed by atoms with Crippen molar-refractivity contribution >= 4 is 16.8 Å². The van der Waals surface area contributed by atoms with Crippen molar-refractivity contribution in [3.63, 3.8) is 0 Å². The minimum absolute atomic E-state index is 0.142. The van der Waals surface area contributed by atoms with Crippen LogP contribution in [0.2, 0.25) is 0 Å². The van der Waals surface area contributed by atoms with E-state index in [1.54, 1.807) is 7.11 Å². The molecular weight excluding hydrogens is 567 g/mol. The lowest BCUT2D eigenvalue weighted by Gasteiger charge is -2.32. The standard InChI is InChI=1S/C34H40F3N5O2/c1-4-41(22-24-5-9-29(10-6-24)34(35,36)37)18-15-38-33(43)31-20-28-19-27(8-11-30(28)40(31)2)26-13-16-42(17-14-26)23-25-7-12-32(44-3)39-21-25/h5-12,19-21,26H,4,13-18,22-23H2,1-3H3,(H,38,43). The molecule has 0 aliphatic carbocycles. The molecule has 0 unspecified atom stereocenters. The first kappa shape index (κ1) is 31.5. The predicted molar refractivity (Wildman–Crippen MR) is 166 cm³/mol. The van der Waals surface area contributed by atoms with Gasteiger partial charge in [0.25, 0.3) is 5.91 Å². The molecule has 1 amide bonds. The maximum Gasteiger partial charge on any atom is 0.416 e. The van der Waals surface area contributed by atoms with E-state index in [0.717, 1.165) is 61.1 Å². The molecular formula is C34H40F3N5O2. The second-order valence-electron chi connectivity index (χ2n) is 11.5. The highest BCUT2D eigenvalue weighted by molar-refractivity contribution is 5.98. The molecule has 44 heavy (non-hydrogen) atoms. The number of ether oxygens (including phenoxy) is 1. The number of nitrogens with one attached hydrogen (secondary N) is 1. The lowest BCUT2D eigenvalue weighted by molar-refractivity contribution is -0.137. The average molecular weight is 608 g/mol. The molecule has 2 aromatic carbocycles. The highest BCUT2D eigenvalue weighted by atomic mass is 19.4. The van der Waals surface area contributed by atoms with Crippen molar-refractivity contribution in [2.75, 3.05) is 39.8 Å². The lowest BCUT2D eigenvalue weighted by atomic mass is 9.89. The van der Waals surface area contributed by atoms with Gasteiger partial charge in [-0.3, -0.25) is 14.6 Å². The van der Waals surface area contributed by atoms with E-state index in [-0.39, 0.29) is 5.91 Å². The number of rotatable bonds is 11. The summed E-state index contributed by atoms with van der Waals surface area (Å²) in [7, 11) is 3.53. The number of likely N-dealkylation sites (tertiary alicyclic amines) is 1. The third kappa shape index (κ3) is 7.60. The van der Waals surface area contributed by atoms with Crippen molar-refractivity contribution in [2.45, 2.75) is 44.9 Å². The second-order valence-corrected chi connectivity index (χ2v) is 11.5. The average Bonchev–Trinajstić information content (AvgIpc) is 3.36. The number of carbonyl (C=O) groups excluding carboxylic acids is 1. The van der Waals surface area contributed by atoms with Crippen LogP contribution in [0, 0.1) is 0 Å².